The number of rotatable bonds is 7. The van der Waals surface area contributed by atoms with Gasteiger partial charge in [-0.2, -0.15) is 0 Å². The van der Waals surface area contributed by atoms with E-state index < -0.39 is 0 Å². The van der Waals surface area contributed by atoms with Crippen LogP contribution in [-0.2, 0) is 22.4 Å². The van der Waals surface area contributed by atoms with E-state index in [-0.39, 0.29) is 24.6 Å². The van der Waals surface area contributed by atoms with Gasteiger partial charge in [-0.1, -0.05) is 6.07 Å². The molecule has 2 aromatic rings. The van der Waals surface area contributed by atoms with Crippen LogP contribution in [-0.4, -0.2) is 40.7 Å². The van der Waals surface area contributed by atoms with Crippen LogP contribution in [0.2, 0.25) is 0 Å². The first-order chi connectivity index (χ1) is 14.1. The summed E-state index contributed by atoms with van der Waals surface area (Å²) >= 11 is 0. The molecular formula is C22H24O7. The SMILES string of the molecule is COc1ccc(C[C@H]2C(=O)OC[C@H]2Cc2cc(OC)c3c(c2)OCO3)cc1OC. The van der Waals surface area contributed by atoms with Gasteiger partial charge in [0.25, 0.3) is 0 Å². The van der Waals surface area contributed by atoms with Gasteiger partial charge in [0.05, 0.1) is 33.9 Å². The molecule has 1 saturated heterocycles. The molecule has 2 heterocycles. The van der Waals surface area contributed by atoms with Gasteiger partial charge in [-0.25, -0.2) is 0 Å². The van der Waals surface area contributed by atoms with Crippen LogP contribution in [0, 0.1) is 11.8 Å². The number of hydrogen-bond acceptors (Lipinski definition) is 7. The van der Waals surface area contributed by atoms with Crippen molar-refractivity contribution in [2.75, 3.05) is 34.7 Å². The van der Waals surface area contributed by atoms with Crippen molar-refractivity contribution >= 4 is 5.97 Å². The average molecular weight is 400 g/mol. The number of hydrogen-bond donors (Lipinski definition) is 0. The zero-order valence-electron chi connectivity index (χ0n) is 16.7. The Bertz CT molecular complexity index is 908. The van der Waals surface area contributed by atoms with Crippen LogP contribution < -0.4 is 23.7 Å². The van der Waals surface area contributed by atoms with Crippen molar-refractivity contribution in [3.8, 4) is 28.7 Å². The highest BCUT2D eigenvalue weighted by Gasteiger charge is 2.37. The first-order valence-corrected chi connectivity index (χ1v) is 9.47. The Morgan fingerprint density at radius 2 is 1.62 bits per heavy atom. The van der Waals surface area contributed by atoms with Crippen molar-refractivity contribution in [3.63, 3.8) is 0 Å². The Morgan fingerprint density at radius 3 is 2.38 bits per heavy atom. The highest BCUT2D eigenvalue weighted by atomic mass is 16.7. The van der Waals surface area contributed by atoms with Crippen LogP contribution in [0.25, 0.3) is 0 Å². The standard InChI is InChI=1S/C22H24O7/c1-24-17-5-4-13(8-18(17)25-2)7-16-15(11-27-22(16)23)6-14-9-19(26-3)21-20(10-14)28-12-29-21/h4-5,8-10,15-16H,6-7,11-12H2,1-3H3/t15-,16-/m1/s1. The molecule has 0 radical (unpaired) electrons. The Balaban J connectivity index is 1.53. The number of methoxy groups -OCH3 is 3. The quantitative estimate of drug-likeness (QED) is 0.662. The van der Waals surface area contributed by atoms with E-state index in [1.165, 1.54) is 0 Å². The number of carbonyl (C=O) groups is 1. The molecule has 0 saturated carbocycles. The number of carbonyl (C=O) groups excluding carboxylic acids is 1. The number of cyclic esters (lactones) is 1. The number of fused-ring (bicyclic) bond motifs is 1. The van der Waals surface area contributed by atoms with Gasteiger partial charge in [-0.15, -0.1) is 0 Å². The molecule has 7 heteroatoms. The first kappa shape index (κ1) is 19.2. The molecule has 7 nitrogen and oxygen atoms in total. The summed E-state index contributed by atoms with van der Waals surface area (Å²) in [4.78, 5) is 12.4. The van der Waals surface area contributed by atoms with Crippen molar-refractivity contribution in [1.82, 2.24) is 0 Å². The lowest BCUT2D eigenvalue weighted by atomic mass is 9.85. The molecule has 0 unspecified atom stereocenters. The lowest BCUT2D eigenvalue weighted by Crippen LogP contribution is -2.20. The second-order valence-corrected chi connectivity index (χ2v) is 7.13. The van der Waals surface area contributed by atoms with Crippen molar-refractivity contribution in [2.24, 2.45) is 11.8 Å². The van der Waals surface area contributed by atoms with Gasteiger partial charge in [0.2, 0.25) is 12.5 Å². The lowest BCUT2D eigenvalue weighted by Gasteiger charge is -2.17. The average Bonchev–Trinajstić information content (AvgIpc) is 3.35. The second-order valence-electron chi connectivity index (χ2n) is 7.13. The van der Waals surface area contributed by atoms with Crippen molar-refractivity contribution in [1.29, 1.82) is 0 Å². The van der Waals surface area contributed by atoms with Crippen LogP contribution in [0.1, 0.15) is 11.1 Å². The van der Waals surface area contributed by atoms with E-state index in [9.17, 15) is 4.79 Å². The fourth-order valence-corrected chi connectivity index (χ4v) is 3.92. The van der Waals surface area contributed by atoms with Crippen molar-refractivity contribution in [2.45, 2.75) is 12.8 Å². The third kappa shape index (κ3) is 3.77. The third-order valence-corrected chi connectivity index (χ3v) is 5.43. The molecule has 2 atom stereocenters. The molecule has 2 aromatic carbocycles. The second kappa shape index (κ2) is 8.11. The largest absolute Gasteiger partial charge is 0.493 e. The molecule has 1 fully saturated rings. The van der Waals surface area contributed by atoms with E-state index in [0.717, 1.165) is 11.1 Å². The zero-order chi connectivity index (χ0) is 20.4. The zero-order valence-corrected chi connectivity index (χ0v) is 16.7. The van der Waals surface area contributed by atoms with Crippen LogP contribution in [0.4, 0.5) is 0 Å². The summed E-state index contributed by atoms with van der Waals surface area (Å²) < 4.78 is 32.4. The summed E-state index contributed by atoms with van der Waals surface area (Å²) in [5.74, 6) is 2.89. The summed E-state index contributed by atoms with van der Waals surface area (Å²) in [5, 5.41) is 0. The molecule has 0 aliphatic carbocycles. The fourth-order valence-electron chi connectivity index (χ4n) is 3.92. The van der Waals surface area contributed by atoms with E-state index in [0.29, 0.717) is 48.2 Å². The molecule has 0 spiro atoms. The summed E-state index contributed by atoms with van der Waals surface area (Å²) in [6.45, 7) is 0.579. The molecule has 2 aliphatic rings. The molecule has 0 bridgehead atoms. The van der Waals surface area contributed by atoms with Gasteiger partial charge >= 0.3 is 5.97 Å². The molecule has 29 heavy (non-hydrogen) atoms. The lowest BCUT2D eigenvalue weighted by molar-refractivity contribution is -0.141. The minimum atomic E-state index is -0.232. The van der Waals surface area contributed by atoms with Gasteiger partial charge in [0.15, 0.2) is 23.0 Å². The highest BCUT2D eigenvalue weighted by Crippen LogP contribution is 2.43. The maximum Gasteiger partial charge on any atom is 0.309 e. The normalized spacial score (nSPS) is 19.8. The molecule has 4 rings (SSSR count). The molecule has 0 N–H and O–H groups in total. The molecule has 0 amide bonds. The molecular weight excluding hydrogens is 376 g/mol. The van der Waals surface area contributed by atoms with Crippen LogP contribution >= 0.6 is 0 Å². The molecule has 2 aliphatic heterocycles. The number of benzene rings is 2. The molecule has 0 aromatic heterocycles. The minimum absolute atomic E-state index is 0.0562. The smallest absolute Gasteiger partial charge is 0.309 e. The number of esters is 1. The van der Waals surface area contributed by atoms with Gasteiger partial charge in [-0.05, 0) is 48.2 Å². The predicted molar refractivity (Wildman–Crippen MR) is 104 cm³/mol. The van der Waals surface area contributed by atoms with Crippen LogP contribution in [0.3, 0.4) is 0 Å². The van der Waals surface area contributed by atoms with Crippen molar-refractivity contribution < 1.29 is 33.2 Å². The van der Waals surface area contributed by atoms with Crippen molar-refractivity contribution in [3.05, 3.63) is 41.5 Å². The number of ether oxygens (including phenoxy) is 6. The fraction of sp³-hybridized carbons (Fsp3) is 0.409. The van der Waals surface area contributed by atoms with E-state index in [1.807, 2.05) is 30.3 Å². The van der Waals surface area contributed by atoms with Gasteiger partial charge in [-0.3, -0.25) is 4.79 Å². The first-order valence-electron chi connectivity index (χ1n) is 9.47. The van der Waals surface area contributed by atoms with Gasteiger partial charge in [0, 0.05) is 5.92 Å². The Hall–Kier alpha value is -3.09. The Labute approximate surface area is 169 Å². The summed E-state index contributed by atoms with van der Waals surface area (Å²) in [6.07, 6.45) is 1.25. The predicted octanol–water partition coefficient (Wildman–Crippen LogP) is 3.02. The minimum Gasteiger partial charge on any atom is -0.493 e. The topological polar surface area (TPSA) is 72.5 Å². The van der Waals surface area contributed by atoms with E-state index in [4.69, 9.17) is 28.4 Å². The van der Waals surface area contributed by atoms with Crippen LogP contribution in [0.15, 0.2) is 30.3 Å². The third-order valence-electron chi connectivity index (χ3n) is 5.43. The summed E-state index contributed by atoms with van der Waals surface area (Å²) in [7, 11) is 4.80. The summed E-state index contributed by atoms with van der Waals surface area (Å²) in [6, 6.07) is 9.59. The highest BCUT2D eigenvalue weighted by molar-refractivity contribution is 5.75. The maximum absolute atomic E-state index is 12.4. The van der Waals surface area contributed by atoms with Crippen LogP contribution in [0.5, 0.6) is 28.7 Å². The van der Waals surface area contributed by atoms with E-state index in [2.05, 4.69) is 0 Å². The van der Waals surface area contributed by atoms with E-state index in [1.54, 1.807) is 21.3 Å². The maximum atomic E-state index is 12.4. The monoisotopic (exact) mass is 400 g/mol. The summed E-state index contributed by atoms with van der Waals surface area (Å²) in [5.41, 5.74) is 2.02. The Morgan fingerprint density at radius 1 is 0.862 bits per heavy atom. The van der Waals surface area contributed by atoms with E-state index >= 15 is 0 Å². The Kier molecular flexibility index (Phi) is 5.38. The van der Waals surface area contributed by atoms with Gasteiger partial charge in [0.1, 0.15) is 0 Å². The van der Waals surface area contributed by atoms with Gasteiger partial charge < -0.3 is 28.4 Å². The molecule has 154 valence electrons.